The van der Waals surface area contributed by atoms with Gasteiger partial charge in [-0.3, -0.25) is 0 Å². The van der Waals surface area contributed by atoms with Crippen molar-refractivity contribution in [1.29, 1.82) is 0 Å². The van der Waals surface area contributed by atoms with Gasteiger partial charge in [0.05, 0.1) is 13.2 Å². The molecule has 1 heterocycles. The molecule has 0 bridgehead atoms. The van der Waals surface area contributed by atoms with E-state index in [1.54, 1.807) is 7.11 Å². The molecule has 0 aliphatic carbocycles. The summed E-state index contributed by atoms with van der Waals surface area (Å²) in [7, 11) is 1.61. The Hall–Kier alpha value is -1.95. The van der Waals surface area contributed by atoms with E-state index in [9.17, 15) is 4.79 Å². The third-order valence-corrected chi connectivity index (χ3v) is 3.63. The van der Waals surface area contributed by atoms with Gasteiger partial charge in [0.15, 0.2) is 4.88 Å². The Morgan fingerprint density at radius 3 is 2.65 bits per heavy atom. The average molecular weight is 292 g/mol. The lowest BCUT2D eigenvalue weighted by Crippen LogP contribution is -2.13. The fourth-order valence-corrected chi connectivity index (χ4v) is 2.15. The fourth-order valence-electron chi connectivity index (χ4n) is 1.58. The maximum atomic E-state index is 12.1. The summed E-state index contributed by atoms with van der Waals surface area (Å²) in [6.45, 7) is 3.83. The van der Waals surface area contributed by atoms with E-state index in [0.29, 0.717) is 10.6 Å². The first-order valence-electron chi connectivity index (χ1n) is 6.33. The van der Waals surface area contributed by atoms with Gasteiger partial charge in [-0.25, -0.2) is 4.79 Å². The largest absolute Gasteiger partial charge is 0.497 e. The Morgan fingerprint density at radius 1 is 1.35 bits per heavy atom. The minimum absolute atomic E-state index is 0.117. The number of ether oxygens (including phenoxy) is 2. The highest BCUT2D eigenvalue weighted by Crippen LogP contribution is 2.26. The van der Waals surface area contributed by atoms with Crippen LogP contribution in [0.1, 0.15) is 29.9 Å². The number of hydrogen-bond acceptors (Lipinski definition) is 6. The third kappa shape index (κ3) is 3.14. The van der Waals surface area contributed by atoms with E-state index >= 15 is 0 Å². The zero-order valence-corrected chi connectivity index (χ0v) is 12.4. The number of methoxy groups -OCH3 is 1. The first-order chi connectivity index (χ1) is 9.65. The molecule has 6 heteroatoms. The molecule has 2 aromatic rings. The average Bonchev–Trinajstić information content (AvgIpc) is 2.96. The quantitative estimate of drug-likeness (QED) is 0.792. The van der Waals surface area contributed by atoms with Gasteiger partial charge in [-0.15, -0.1) is 5.10 Å². The van der Waals surface area contributed by atoms with E-state index in [2.05, 4.69) is 9.59 Å². The SMILES string of the molecule is CC[C@H](C)OC(=O)c1snnc1-c1ccc(OC)cc1. The summed E-state index contributed by atoms with van der Waals surface area (Å²) in [5.41, 5.74) is 1.36. The summed E-state index contributed by atoms with van der Waals surface area (Å²) >= 11 is 1.05. The second-order valence-corrected chi connectivity index (χ2v) is 5.06. The molecule has 0 spiro atoms. The fraction of sp³-hybridized carbons (Fsp3) is 0.357. The van der Waals surface area contributed by atoms with E-state index in [-0.39, 0.29) is 12.1 Å². The van der Waals surface area contributed by atoms with Crippen molar-refractivity contribution in [2.75, 3.05) is 7.11 Å². The van der Waals surface area contributed by atoms with Crippen molar-refractivity contribution in [3.63, 3.8) is 0 Å². The molecular weight excluding hydrogens is 276 g/mol. The summed E-state index contributed by atoms with van der Waals surface area (Å²) < 4.78 is 14.3. The van der Waals surface area contributed by atoms with Crippen molar-refractivity contribution in [1.82, 2.24) is 9.59 Å². The van der Waals surface area contributed by atoms with Crippen molar-refractivity contribution < 1.29 is 14.3 Å². The Labute approximate surface area is 121 Å². The van der Waals surface area contributed by atoms with Crippen LogP contribution in [0.25, 0.3) is 11.3 Å². The van der Waals surface area contributed by atoms with Gasteiger partial charge in [-0.05, 0) is 49.1 Å². The van der Waals surface area contributed by atoms with Crippen molar-refractivity contribution >= 4 is 17.5 Å². The molecule has 5 nitrogen and oxygen atoms in total. The lowest BCUT2D eigenvalue weighted by Gasteiger charge is -2.10. The number of nitrogens with zero attached hydrogens (tertiary/aromatic N) is 2. The molecule has 1 atom stereocenters. The summed E-state index contributed by atoms with van der Waals surface area (Å²) in [5, 5.41) is 4.02. The maximum absolute atomic E-state index is 12.1. The number of carbonyl (C=O) groups excluding carboxylic acids is 1. The van der Waals surface area contributed by atoms with Gasteiger partial charge in [0.2, 0.25) is 0 Å². The monoisotopic (exact) mass is 292 g/mol. The van der Waals surface area contributed by atoms with Crippen LogP contribution in [0, 0.1) is 0 Å². The first-order valence-corrected chi connectivity index (χ1v) is 7.10. The van der Waals surface area contributed by atoms with Crippen molar-refractivity contribution in [3.8, 4) is 17.0 Å². The van der Waals surface area contributed by atoms with Gasteiger partial charge in [-0.1, -0.05) is 11.4 Å². The Balaban J connectivity index is 2.25. The van der Waals surface area contributed by atoms with Gasteiger partial charge in [-0.2, -0.15) is 0 Å². The van der Waals surface area contributed by atoms with Gasteiger partial charge < -0.3 is 9.47 Å². The predicted octanol–water partition coefficient (Wildman–Crippen LogP) is 3.17. The number of benzene rings is 1. The molecule has 1 aromatic carbocycles. The predicted molar refractivity (Wildman–Crippen MR) is 77.1 cm³/mol. The number of rotatable bonds is 5. The summed E-state index contributed by atoms with van der Waals surface area (Å²) in [4.78, 5) is 12.5. The molecule has 1 aromatic heterocycles. The lowest BCUT2D eigenvalue weighted by atomic mass is 10.1. The second kappa shape index (κ2) is 6.47. The number of esters is 1. The molecule has 0 aliphatic rings. The molecule has 0 fully saturated rings. The standard InChI is InChI=1S/C14H16N2O3S/c1-4-9(2)19-14(17)13-12(15-16-20-13)10-5-7-11(18-3)8-6-10/h5-9H,4H2,1-3H3/t9-/m0/s1. The molecule has 0 amide bonds. The van der Waals surface area contributed by atoms with E-state index in [4.69, 9.17) is 9.47 Å². The van der Waals surface area contributed by atoms with Crippen molar-refractivity contribution in [2.45, 2.75) is 26.4 Å². The lowest BCUT2D eigenvalue weighted by molar-refractivity contribution is 0.0341. The number of hydrogen-bond donors (Lipinski definition) is 0. The molecule has 0 saturated heterocycles. The first kappa shape index (κ1) is 14.5. The van der Waals surface area contributed by atoms with E-state index in [0.717, 1.165) is 29.3 Å². The van der Waals surface area contributed by atoms with Gasteiger partial charge in [0.25, 0.3) is 0 Å². The summed E-state index contributed by atoms with van der Waals surface area (Å²) in [6.07, 6.45) is 0.656. The third-order valence-electron chi connectivity index (χ3n) is 2.92. The summed E-state index contributed by atoms with van der Waals surface area (Å²) in [6, 6.07) is 7.32. The Bertz CT molecular complexity index is 580. The summed E-state index contributed by atoms with van der Waals surface area (Å²) in [5.74, 6) is 0.376. The Kier molecular flexibility index (Phi) is 4.68. The zero-order chi connectivity index (χ0) is 14.5. The van der Waals surface area contributed by atoms with E-state index in [1.165, 1.54) is 0 Å². The molecule has 2 rings (SSSR count). The highest BCUT2D eigenvalue weighted by Gasteiger charge is 2.20. The molecule has 0 radical (unpaired) electrons. The van der Waals surface area contributed by atoms with Crippen LogP contribution in [-0.2, 0) is 4.74 Å². The molecule has 0 aliphatic heterocycles. The molecule has 0 saturated carbocycles. The molecule has 0 unspecified atom stereocenters. The maximum Gasteiger partial charge on any atom is 0.352 e. The number of carbonyl (C=O) groups is 1. The molecular formula is C14H16N2O3S. The van der Waals surface area contributed by atoms with Crippen molar-refractivity contribution in [3.05, 3.63) is 29.1 Å². The molecule has 0 N–H and O–H groups in total. The van der Waals surface area contributed by atoms with Crippen molar-refractivity contribution in [2.24, 2.45) is 0 Å². The van der Waals surface area contributed by atoms with E-state index in [1.807, 2.05) is 38.1 Å². The number of aromatic nitrogens is 2. The zero-order valence-electron chi connectivity index (χ0n) is 11.6. The topological polar surface area (TPSA) is 61.3 Å². The van der Waals surface area contributed by atoms with Crippen LogP contribution in [-0.4, -0.2) is 28.8 Å². The van der Waals surface area contributed by atoms with Crippen LogP contribution in [0.4, 0.5) is 0 Å². The van der Waals surface area contributed by atoms with Gasteiger partial charge >= 0.3 is 5.97 Å². The molecule has 20 heavy (non-hydrogen) atoms. The minimum Gasteiger partial charge on any atom is -0.497 e. The van der Waals surface area contributed by atoms with E-state index < -0.39 is 0 Å². The van der Waals surface area contributed by atoms with Gasteiger partial charge in [0, 0.05) is 5.56 Å². The second-order valence-electron chi connectivity index (χ2n) is 4.30. The highest BCUT2D eigenvalue weighted by molar-refractivity contribution is 7.08. The van der Waals surface area contributed by atoms with Crippen LogP contribution < -0.4 is 4.74 Å². The van der Waals surface area contributed by atoms with Gasteiger partial charge in [0.1, 0.15) is 11.4 Å². The minimum atomic E-state index is -0.375. The van der Waals surface area contributed by atoms with Crippen LogP contribution in [0.2, 0.25) is 0 Å². The smallest absolute Gasteiger partial charge is 0.352 e. The van der Waals surface area contributed by atoms with Crippen LogP contribution >= 0.6 is 11.5 Å². The highest BCUT2D eigenvalue weighted by atomic mass is 32.1. The van der Waals surface area contributed by atoms with Crippen LogP contribution in [0.15, 0.2) is 24.3 Å². The Morgan fingerprint density at radius 2 is 2.05 bits per heavy atom. The van der Waals surface area contributed by atoms with Crippen LogP contribution in [0.3, 0.4) is 0 Å². The molecule has 106 valence electrons. The van der Waals surface area contributed by atoms with Crippen LogP contribution in [0.5, 0.6) is 5.75 Å². The normalized spacial score (nSPS) is 11.9.